The standard InChI is InChI=1S/C18H23NO5/c1-22-15-7-8-16(23-2)13(11-15)6-9-17(20)19-10-4-5-14(12-19)18(21)24-3/h6-9,11,14H,4-5,10,12H2,1-3H3/b9-6+. The van der Waals surface area contributed by atoms with Crippen LogP contribution in [0.5, 0.6) is 11.5 Å². The molecule has 6 nitrogen and oxygen atoms in total. The number of carbonyl (C=O) groups excluding carboxylic acids is 2. The SMILES string of the molecule is COC(=O)C1CCCN(C(=O)/C=C/c2cc(OC)ccc2OC)C1. The molecular formula is C18H23NO5. The maximum Gasteiger partial charge on any atom is 0.310 e. The summed E-state index contributed by atoms with van der Waals surface area (Å²) < 4.78 is 15.3. The van der Waals surface area contributed by atoms with Crippen molar-refractivity contribution in [2.75, 3.05) is 34.4 Å². The van der Waals surface area contributed by atoms with Crippen LogP contribution in [0.3, 0.4) is 0 Å². The first kappa shape index (κ1) is 17.8. The number of amides is 1. The van der Waals surface area contributed by atoms with Crippen molar-refractivity contribution in [1.82, 2.24) is 4.90 Å². The van der Waals surface area contributed by atoms with Crippen LogP contribution in [0.2, 0.25) is 0 Å². The number of likely N-dealkylation sites (tertiary alicyclic amines) is 1. The molecule has 1 aliphatic rings. The number of esters is 1. The van der Waals surface area contributed by atoms with Crippen molar-refractivity contribution in [2.45, 2.75) is 12.8 Å². The maximum absolute atomic E-state index is 12.4. The average molecular weight is 333 g/mol. The van der Waals surface area contributed by atoms with E-state index in [1.165, 1.54) is 13.2 Å². The highest BCUT2D eigenvalue weighted by Crippen LogP contribution is 2.25. The zero-order chi connectivity index (χ0) is 17.5. The van der Waals surface area contributed by atoms with Crippen molar-refractivity contribution in [3.8, 4) is 11.5 Å². The monoisotopic (exact) mass is 333 g/mol. The van der Waals surface area contributed by atoms with E-state index >= 15 is 0 Å². The second kappa shape index (κ2) is 8.38. The van der Waals surface area contributed by atoms with Gasteiger partial charge in [0.2, 0.25) is 5.91 Å². The Bertz CT molecular complexity index is 626. The summed E-state index contributed by atoms with van der Waals surface area (Å²) in [6, 6.07) is 5.39. The van der Waals surface area contributed by atoms with Gasteiger partial charge in [-0.3, -0.25) is 9.59 Å². The van der Waals surface area contributed by atoms with Crippen LogP contribution in [-0.4, -0.2) is 51.2 Å². The van der Waals surface area contributed by atoms with Crippen LogP contribution in [0.25, 0.3) is 6.08 Å². The number of rotatable bonds is 5. The fourth-order valence-corrected chi connectivity index (χ4v) is 2.77. The minimum Gasteiger partial charge on any atom is -0.497 e. The highest BCUT2D eigenvalue weighted by Gasteiger charge is 2.28. The van der Waals surface area contributed by atoms with E-state index in [1.807, 2.05) is 0 Å². The number of benzene rings is 1. The van der Waals surface area contributed by atoms with E-state index in [0.29, 0.717) is 24.6 Å². The van der Waals surface area contributed by atoms with Crippen molar-refractivity contribution in [1.29, 1.82) is 0 Å². The number of piperidine rings is 1. The van der Waals surface area contributed by atoms with Gasteiger partial charge in [0.1, 0.15) is 11.5 Å². The predicted octanol–water partition coefficient (Wildman–Crippen LogP) is 2.13. The van der Waals surface area contributed by atoms with E-state index in [-0.39, 0.29) is 17.8 Å². The summed E-state index contributed by atoms with van der Waals surface area (Å²) in [6.45, 7) is 1.04. The molecule has 0 aliphatic carbocycles. The van der Waals surface area contributed by atoms with Gasteiger partial charge in [-0.05, 0) is 37.1 Å². The van der Waals surface area contributed by atoms with E-state index < -0.39 is 0 Å². The number of hydrogen-bond acceptors (Lipinski definition) is 5. The van der Waals surface area contributed by atoms with Crippen molar-refractivity contribution in [3.63, 3.8) is 0 Å². The summed E-state index contributed by atoms with van der Waals surface area (Å²) in [6.07, 6.45) is 4.74. The highest BCUT2D eigenvalue weighted by molar-refractivity contribution is 5.92. The molecule has 130 valence electrons. The molecule has 6 heteroatoms. The fourth-order valence-electron chi connectivity index (χ4n) is 2.77. The molecule has 1 aromatic rings. The van der Waals surface area contributed by atoms with Gasteiger partial charge in [0, 0.05) is 24.7 Å². The summed E-state index contributed by atoms with van der Waals surface area (Å²) in [5.41, 5.74) is 0.756. The Balaban J connectivity index is 2.08. The Morgan fingerprint density at radius 2 is 2.00 bits per heavy atom. The van der Waals surface area contributed by atoms with E-state index in [1.54, 1.807) is 43.4 Å². The molecule has 2 rings (SSSR count). The Morgan fingerprint density at radius 3 is 2.67 bits per heavy atom. The number of ether oxygens (including phenoxy) is 3. The molecule has 0 radical (unpaired) electrons. The molecule has 1 unspecified atom stereocenters. The topological polar surface area (TPSA) is 65.1 Å². The van der Waals surface area contributed by atoms with Gasteiger partial charge in [-0.25, -0.2) is 0 Å². The smallest absolute Gasteiger partial charge is 0.310 e. The predicted molar refractivity (Wildman–Crippen MR) is 89.9 cm³/mol. The third-order valence-corrected chi connectivity index (χ3v) is 4.11. The molecule has 1 heterocycles. The minimum atomic E-state index is -0.258. The molecule has 0 spiro atoms. The van der Waals surface area contributed by atoms with E-state index in [2.05, 4.69) is 0 Å². The van der Waals surface area contributed by atoms with Crippen LogP contribution in [0, 0.1) is 5.92 Å². The molecule has 0 bridgehead atoms. The van der Waals surface area contributed by atoms with Gasteiger partial charge in [-0.2, -0.15) is 0 Å². The molecule has 1 saturated heterocycles. The van der Waals surface area contributed by atoms with Gasteiger partial charge in [0.25, 0.3) is 0 Å². The molecule has 0 saturated carbocycles. The van der Waals surface area contributed by atoms with Crippen LogP contribution >= 0.6 is 0 Å². The van der Waals surface area contributed by atoms with Gasteiger partial charge in [0.15, 0.2) is 0 Å². The summed E-state index contributed by atoms with van der Waals surface area (Å²) in [5.74, 6) is 0.712. The minimum absolute atomic E-state index is 0.131. The third kappa shape index (κ3) is 4.28. The van der Waals surface area contributed by atoms with Crippen LogP contribution in [0.4, 0.5) is 0 Å². The van der Waals surface area contributed by atoms with Crippen molar-refractivity contribution in [3.05, 3.63) is 29.8 Å². The summed E-state index contributed by atoms with van der Waals surface area (Å²) >= 11 is 0. The fraction of sp³-hybridized carbons (Fsp3) is 0.444. The van der Waals surface area contributed by atoms with Crippen molar-refractivity contribution in [2.24, 2.45) is 5.92 Å². The third-order valence-electron chi connectivity index (χ3n) is 4.11. The largest absolute Gasteiger partial charge is 0.497 e. The molecule has 1 aromatic carbocycles. The normalized spacial score (nSPS) is 17.6. The number of nitrogens with zero attached hydrogens (tertiary/aromatic N) is 1. The van der Waals surface area contributed by atoms with Gasteiger partial charge in [-0.15, -0.1) is 0 Å². The van der Waals surface area contributed by atoms with Crippen molar-refractivity contribution < 1.29 is 23.8 Å². The van der Waals surface area contributed by atoms with E-state index in [9.17, 15) is 9.59 Å². The molecule has 0 N–H and O–H groups in total. The van der Waals surface area contributed by atoms with Crippen LogP contribution < -0.4 is 9.47 Å². The molecule has 1 aliphatic heterocycles. The number of methoxy groups -OCH3 is 3. The Kier molecular flexibility index (Phi) is 6.23. The first-order valence-electron chi connectivity index (χ1n) is 7.86. The zero-order valence-electron chi connectivity index (χ0n) is 14.3. The number of carbonyl (C=O) groups is 2. The summed E-state index contributed by atoms with van der Waals surface area (Å²) in [7, 11) is 4.53. The lowest BCUT2D eigenvalue weighted by atomic mass is 9.98. The Labute approximate surface area is 142 Å². The van der Waals surface area contributed by atoms with Gasteiger partial charge < -0.3 is 19.1 Å². The van der Waals surface area contributed by atoms with Gasteiger partial charge >= 0.3 is 5.97 Å². The molecular weight excluding hydrogens is 310 g/mol. The lowest BCUT2D eigenvalue weighted by molar-refractivity contribution is -0.148. The zero-order valence-corrected chi connectivity index (χ0v) is 14.3. The van der Waals surface area contributed by atoms with Gasteiger partial charge in [0.05, 0.1) is 27.2 Å². The Hall–Kier alpha value is -2.50. The van der Waals surface area contributed by atoms with Crippen LogP contribution in [-0.2, 0) is 14.3 Å². The number of hydrogen-bond donors (Lipinski definition) is 0. The quantitative estimate of drug-likeness (QED) is 0.610. The lowest BCUT2D eigenvalue weighted by Crippen LogP contribution is -2.41. The second-order valence-corrected chi connectivity index (χ2v) is 5.59. The second-order valence-electron chi connectivity index (χ2n) is 5.59. The Morgan fingerprint density at radius 1 is 1.21 bits per heavy atom. The van der Waals surface area contributed by atoms with Crippen LogP contribution in [0.15, 0.2) is 24.3 Å². The highest BCUT2D eigenvalue weighted by atomic mass is 16.5. The molecule has 1 amide bonds. The molecule has 0 aromatic heterocycles. The van der Waals surface area contributed by atoms with Gasteiger partial charge in [-0.1, -0.05) is 0 Å². The summed E-state index contributed by atoms with van der Waals surface area (Å²) in [4.78, 5) is 25.7. The van der Waals surface area contributed by atoms with Crippen LogP contribution in [0.1, 0.15) is 18.4 Å². The maximum atomic E-state index is 12.4. The van der Waals surface area contributed by atoms with E-state index in [0.717, 1.165) is 18.4 Å². The first-order valence-corrected chi connectivity index (χ1v) is 7.86. The van der Waals surface area contributed by atoms with E-state index in [4.69, 9.17) is 14.2 Å². The molecule has 24 heavy (non-hydrogen) atoms. The summed E-state index contributed by atoms with van der Waals surface area (Å²) in [5, 5.41) is 0. The van der Waals surface area contributed by atoms with Crippen molar-refractivity contribution >= 4 is 18.0 Å². The first-order chi connectivity index (χ1) is 11.6. The average Bonchev–Trinajstić information content (AvgIpc) is 2.65. The lowest BCUT2D eigenvalue weighted by Gasteiger charge is -2.30. The molecule has 1 fully saturated rings. The molecule has 1 atom stereocenters.